The number of rotatable bonds is 5. The zero-order chi connectivity index (χ0) is 20.3. The summed E-state index contributed by atoms with van der Waals surface area (Å²) in [6, 6.07) is 13.7. The van der Waals surface area contributed by atoms with Crippen molar-refractivity contribution >= 4 is 5.91 Å². The number of hydrogen-bond donors (Lipinski definition) is 1. The Bertz CT molecular complexity index is 1120. The molecule has 0 saturated carbocycles. The fraction of sp³-hybridized carbons (Fsp3) is 0.200. The van der Waals surface area contributed by atoms with Gasteiger partial charge < -0.3 is 5.32 Å². The van der Waals surface area contributed by atoms with Crippen LogP contribution in [-0.2, 0) is 0 Å². The van der Waals surface area contributed by atoms with Crippen molar-refractivity contribution in [3.05, 3.63) is 92.5 Å². The maximum Gasteiger partial charge on any atom is 0.352 e. The van der Waals surface area contributed by atoms with E-state index in [1.165, 1.54) is 24.3 Å². The van der Waals surface area contributed by atoms with Crippen molar-refractivity contribution in [1.82, 2.24) is 19.7 Å². The number of benzene rings is 2. The zero-order valence-electron chi connectivity index (χ0n) is 15.4. The number of carbonyl (C=O) groups excluding carboxylic acids is 1. The highest BCUT2D eigenvalue weighted by Gasteiger charge is 2.24. The number of nitrogens with zero attached hydrogens (tertiary/aromatic N) is 3. The van der Waals surface area contributed by atoms with Crippen LogP contribution in [0.5, 0.6) is 0 Å². The molecule has 3 rings (SSSR count). The Morgan fingerprint density at radius 1 is 1.11 bits per heavy atom. The molecule has 0 spiro atoms. The van der Waals surface area contributed by atoms with E-state index in [1.807, 2.05) is 6.07 Å². The highest BCUT2D eigenvalue weighted by Crippen LogP contribution is 2.15. The van der Waals surface area contributed by atoms with Gasteiger partial charge in [-0.15, -0.1) is 0 Å². The first-order valence-electron chi connectivity index (χ1n) is 8.79. The molecule has 144 valence electrons. The van der Waals surface area contributed by atoms with Crippen molar-refractivity contribution in [2.24, 2.45) is 0 Å². The average Bonchev–Trinajstić information content (AvgIpc) is 2.69. The summed E-state index contributed by atoms with van der Waals surface area (Å²) < 4.78 is 16.0. The summed E-state index contributed by atoms with van der Waals surface area (Å²) in [5.41, 5.74) is -1.60. The van der Waals surface area contributed by atoms with Crippen molar-refractivity contribution in [1.29, 1.82) is 0 Å². The smallest absolute Gasteiger partial charge is 0.351 e. The topological polar surface area (TPSA) is 86.0 Å². The van der Waals surface area contributed by atoms with Gasteiger partial charge in [-0.1, -0.05) is 42.5 Å². The lowest BCUT2D eigenvalue weighted by molar-refractivity contribution is 0.0945. The van der Waals surface area contributed by atoms with E-state index in [4.69, 9.17) is 0 Å². The quantitative estimate of drug-likeness (QED) is 0.730. The van der Waals surface area contributed by atoms with Gasteiger partial charge in [0, 0.05) is 6.54 Å². The van der Waals surface area contributed by atoms with Crippen LogP contribution in [0.25, 0.3) is 5.69 Å². The molecule has 0 aliphatic carbocycles. The third-order valence-corrected chi connectivity index (χ3v) is 4.31. The molecule has 0 bridgehead atoms. The summed E-state index contributed by atoms with van der Waals surface area (Å²) in [5, 5.41) is 6.37. The molecule has 28 heavy (non-hydrogen) atoms. The Labute approximate surface area is 160 Å². The molecule has 8 heteroatoms. The zero-order valence-corrected chi connectivity index (χ0v) is 15.4. The number of aromatic nitrogens is 3. The number of para-hydroxylation sites is 1. The minimum atomic E-state index is -0.834. The van der Waals surface area contributed by atoms with Crippen LogP contribution < -0.4 is 16.6 Å². The van der Waals surface area contributed by atoms with Gasteiger partial charge in [0.15, 0.2) is 0 Å². The molecule has 0 saturated heterocycles. The Morgan fingerprint density at radius 3 is 2.39 bits per heavy atom. The molecule has 0 aliphatic heterocycles. The first kappa shape index (κ1) is 19.2. The molecule has 1 aromatic heterocycles. The monoisotopic (exact) mass is 382 g/mol. The SMILES string of the molecule is CCNC(=O)c1nn(-c2ccccc2F)c(=O)n([C@H](C)c2ccccc2)c1=O. The van der Waals surface area contributed by atoms with Gasteiger partial charge in [0.05, 0.1) is 6.04 Å². The van der Waals surface area contributed by atoms with E-state index in [0.29, 0.717) is 5.56 Å². The largest absolute Gasteiger partial charge is 0.352 e. The molecule has 1 heterocycles. The van der Waals surface area contributed by atoms with Crippen LogP contribution in [0.2, 0.25) is 0 Å². The number of nitrogens with one attached hydrogen (secondary N) is 1. The van der Waals surface area contributed by atoms with Crippen LogP contribution >= 0.6 is 0 Å². The molecule has 7 nitrogen and oxygen atoms in total. The third kappa shape index (κ3) is 3.48. The van der Waals surface area contributed by atoms with Crippen molar-refractivity contribution < 1.29 is 9.18 Å². The number of carbonyl (C=O) groups is 1. The van der Waals surface area contributed by atoms with E-state index in [-0.39, 0.29) is 12.2 Å². The van der Waals surface area contributed by atoms with E-state index in [9.17, 15) is 18.8 Å². The molecule has 1 N–H and O–H groups in total. The van der Waals surface area contributed by atoms with Gasteiger partial charge in [-0.05, 0) is 31.5 Å². The fourth-order valence-corrected chi connectivity index (χ4v) is 2.88. The van der Waals surface area contributed by atoms with Gasteiger partial charge >= 0.3 is 5.69 Å². The van der Waals surface area contributed by atoms with Crippen molar-refractivity contribution in [3.8, 4) is 5.69 Å². The number of hydrogen-bond acceptors (Lipinski definition) is 4. The van der Waals surface area contributed by atoms with E-state index in [1.54, 1.807) is 38.1 Å². The molecule has 0 aliphatic rings. The fourth-order valence-electron chi connectivity index (χ4n) is 2.88. The molecule has 0 fully saturated rings. The molecule has 0 unspecified atom stereocenters. The lowest BCUT2D eigenvalue weighted by Gasteiger charge is -2.17. The Hall–Kier alpha value is -3.55. The van der Waals surface area contributed by atoms with E-state index in [0.717, 1.165) is 9.25 Å². The van der Waals surface area contributed by atoms with Gasteiger partial charge in [0.25, 0.3) is 11.5 Å². The normalized spacial score (nSPS) is 11.8. The first-order valence-corrected chi connectivity index (χ1v) is 8.79. The third-order valence-electron chi connectivity index (χ3n) is 4.31. The van der Waals surface area contributed by atoms with Crippen LogP contribution in [0, 0.1) is 5.82 Å². The minimum Gasteiger partial charge on any atom is -0.351 e. The van der Waals surface area contributed by atoms with E-state index in [2.05, 4.69) is 10.4 Å². The maximum absolute atomic E-state index is 14.3. The molecule has 1 amide bonds. The maximum atomic E-state index is 14.3. The highest BCUT2D eigenvalue weighted by molar-refractivity contribution is 5.91. The first-order chi connectivity index (χ1) is 13.5. The summed E-state index contributed by atoms with van der Waals surface area (Å²) in [6.45, 7) is 3.62. The van der Waals surface area contributed by atoms with Gasteiger partial charge in [0.1, 0.15) is 11.5 Å². The minimum absolute atomic E-state index is 0.146. The van der Waals surface area contributed by atoms with E-state index >= 15 is 0 Å². The number of halogens is 1. The Morgan fingerprint density at radius 2 is 1.75 bits per heavy atom. The average molecular weight is 382 g/mol. The van der Waals surface area contributed by atoms with Gasteiger partial charge in [-0.3, -0.25) is 9.59 Å². The van der Waals surface area contributed by atoms with Crippen LogP contribution in [0.1, 0.15) is 35.9 Å². The summed E-state index contributed by atoms with van der Waals surface area (Å²) >= 11 is 0. The molecule has 1 atom stereocenters. The van der Waals surface area contributed by atoms with Crippen LogP contribution in [0.15, 0.2) is 64.2 Å². The van der Waals surface area contributed by atoms with Gasteiger partial charge in [-0.25, -0.2) is 13.8 Å². The molecular weight excluding hydrogens is 363 g/mol. The lowest BCUT2D eigenvalue weighted by atomic mass is 10.1. The summed E-state index contributed by atoms with van der Waals surface area (Å²) in [7, 11) is 0. The predicted octanol–water partition coefficient (Wildman–Crippen LogP) is 1.89. The molecular formula is C20H19FN4O3. The molecule has 3 aromatic rings. The summed E-state index contributed by atoms with van der Waals surface area (Å²) in [6.07, 6.45) is 0. The van der Waals surface area contributed by atoms with Crippen LogP contribution in [-0.4, -0.2) is 26.8 Å². The van der Waals surface area contributed by atoms with E-state index < -0.39 is 34.7 Å². The second-order valence-corrected chi connectivity index (χ2v) is 6.12. The molecule has 2 aromatic carbocycles. The number of amides is 1. The Balaban J connectivity index is 2.32. The van der Waals surface area contributed by atoms with Gasteiger partial charge in [-0.2, -0.15) is 9.78 Å². The molecule has 0 radical (unpaired) electrons. The van der Waals surface area contributed by atoms with Gasteiger partial charge in [0.2, 0.25) is 5.69 Å². The summed E-state index contributed by atoms with van der Waals surface area (Å²) in [5.74, 6) is -1.43. The highest BCUT2D eigenvalue weighted by atomic mass is 19.1. The van der Waals surface area contributed by atoms with Crippen molar-refractivity contribution in [2.75, 3.05) is 6.54 Å². The lowest BCUT2D eigenvalue weighted by Crippen LogP contribution is -2.47. The van der Waals surface area contributed by atoms with Crippen molar-refractivity contribution in [2.45, 2.75) is 19.9 Å². The Kier molecular flexibility index (Phi) is 5.49. The van der Waals surface area contributed by atoms with Crippen LogP contribution in [0.4, 0.5) is 4.39 Å². The second kappa shape index (κ2) is 7.99. The van der Waals surface area contributed by atoms with Crippen molar-refractivity contribution in [3.63, 3.8) is 0 Å². The van der Waals surface area contributed by atoms with Crippen LogP contribution in [0.3, 0.4) is 0 Å². The summed E-state index contributed by atoms with van der Waals surface area (Å²) in [4.78, 5) is 38.3. The second-order valence-electron chi connectivity index (χ2n) is 6.12. The standard InChI is InChI=1S/C20H19FN4O3/c1-3-22-18(26)17-19(27)24(13(2)14-9-5-4-6-10-14)20(28)25(23-17)16-12-8-7-11-15(16)21/h4-13H,3H2,1-2H3,(H,22,26)/t13-/m1/s1. The predicted molar refractivity (Wildman–Crippen MR) is 102 cm³/mol.